The van der Waals surface area contributed by atoms with Crippen LogP contribution in [0.15, 0.2) is 29.3 Å². The van der Waals surface area contributed by atoms with Gasteiger partial charge in [0, 0.05) is 6.20 Å². The molecule has 0 atom stereocenters. The van der Waals surface area contributed by atoms with E-state index in [1.54, 1.807) is 0 Å². The molecule has 4 N–H and O–H groups in total. The fraction of sp³-hybridized carbons (Fsp3) is 0.0909. The lowest BCUT2D eigenvalue weighted by molar-refractivity contribution is -0.135. The van der Waals surface area contributed by atoms with E-state index in [0.29, 0.717) is 5.65 Å². The van der Waals surface area contributed by atoms with Gasteiger partial charge in [0.05, 0.1) is 11.8 Å². The molecule has 0 aromatic carbocycles. The number of aromatic nitrogens is 2. The van der Waals surface area contributed by atoms with E-state index in [0.717, 1.165) is 4.40 Å². The molecular weight excluding hydrogens is 252 g/mol. The number of nitrogens with one attached hydrogen (secondary N) is 1. The zero-order valence-corrected chi connectivity index (χ0v) is 9.66. The van der Waals surface area contributed by atoms with Gasteiger partial charge in [-0.05, 0) is 12.1 Å². The molecule has 0 saturated heterocycles. The molecule has 98 valence electrons. The number of fused-ring (bicyclic) bond motifs is 1. The number of nitrogen functional groups attached to an aromatic ring is 1. The molecule has 0 fully saturated rings. The predicted molar refractivity (Wildman–Crippen MR) is 65.8 cm³/mol. The van der Waals surface area contributed by atoms with E-state index in [-0.39, 0.29) is 11.3 Å². The number of nitrogens with two attached hydrogens (primary N) is 1. The van der Waals surface area contributed by atoms with Gasteiger partial charge in [-0.15, -0.1) is 0 Å². The van der Waals surface area contributed by atoms with Gasteiger partial charge in [0.1, 0.15) is 17.9 Å². The zero-order valence-electron chi connectivity index (χ0n) is 9.66. The predicted octanol–water partition coefficient (Wildman–Crippen LogP) is -0.909. The Morgan fingerprint density at radius 3 is 2.84 bits per heavy atom. The molecule has 0 radical (unpaired) electrons. The third-order valence-corrected chi connectivity index (χ3v) is 2.39. The Hall–Kier alpha value is -2.90. The van der Waals surface area contributed by atoms with Gasteiger partial charge in [0.15, 0.2) is 0 Å². The first kappa shape index (κ1) is 12.6. The van der Waals surface area contributed by atoms with Crippen LogP contribution in [0.4, 0.5) is 5.69 Å². The van der Waals surface area contributed by atoms with Crippen molar-refractivity contribution in [3.63, 3.8) is 0 Å². The minimum Gasteiger partial charge on any atom is -0.480 e. The van der Waals surface area contributed by atoms with Crippen molar-refractivity contribution < 1.29 is 14.7 Å². The quantitative estimate of drug-likeness (QED) is 0.657. The Bertz CT molecular complexity index is 722. The summed E-state index contributed by atoms with van der Waals surface area (Å²) in [4.78, 5) is 37.7. The smallest absolute Gasteiger partial charge is 0.322 e. The summed E-state index contributed by atoms with van der Waals surface area (Å²) in [5.74, 6) is -1.75. The van der Waals surface area contributed by atoms with E-state index in [2.05, 4.69) is 10.3 Å². The van der Waals surface area contributed by atoms with Gasteiger partial charge in [-0.1, -0.05) is 0 Å². The fourth-order valence-corrected chi connectivity index (χ4v) is 1.48. The minimum absolute atomic E-state index is 0.0411. The van der Waals surface area contributed by atoms with Crippen molar-refractivity contribution in [2.24, 2.45) is 0 Å². The molecule has 2 aromatic heterocycles. The summed E-state index contributed by atoms with van der Waals surface area (Å²) in [5.41, 5.74) is 5.39. The second-order valence-electron chi connectivity index (χ2n) is 3.74. The highest BCUT2D eigenvalue weighted by molar-refractivity contribution is 5.95. The first-order valence-corrected chi connectivity index (χ1v) is 5.26. The molecule has 0 saturated carbocycles. The number of pyridine rings is 1. The van der Waals surface area contributed by atoms with Crippen LogP contribution in [-0.2, 0) is 4.79 Å². The summed E-state index contributed by atoms with van der Waals surface area (Å²) >= 11 is 0. The van der Waals surface area contributed by atoms with Gasteiger partial charge in [-0.25, -0.2) is 4.98 Å². The van der Waals surface area contributed by atoms with Crippen LogP contribution in [0.2, 0.25) is 0 Å². The van der Waals surface area contributed by atoms with Crippen LogP contribution in [0.5, 0.6) is 0 Å². The topological polar surface area (TPSA) is 127 Å². The maximum Gasteiger partial charge on any atom is 0.322 e. The molecular formula is C11H10N4O4. The maximum atomic E-state index is 11.7. The molecule has 2 aromatic rings. The van der Waals surface area contributed by atoms with Gasteiger partial charge in [0.25, 0.3) is 11.5 Å². The van der Waals surface area contributed by atoms with Crippen molar-refractivity contribution in [3.05, 3.63) is 40.4 Å². The van der Waals surface area contributed by atoms with Crippen molar-refractivity contribution in [3.8, 4) is 0 Å². The molecule has 8 nitrogen and oxygen atoms in total. The number of carbonyl (C=O) groups is 2. The van der Waals surface area contributed by atoms with E-state index in [1.165, 1.54) is 24.5 Å². The molecule has 0 aliphatic rings. The van der Waals surface area contributed by atoms with Crippen LogP contribution >= 0.6 is 0 Å². The normalized spacial score (nSPS) is 10.3. The standard InChI is InChI=1S/C11H10N4O4/c12-7-3-13-8-2-1-6(5-15(8)11(7)19)10(18)14-4-9(16)17/h1-3,5H,4,12H2,(H,14,18)(H,16,17). The molecule has 1 amide bonds. The van der Waals surface area contributed by atoms with E-state index in [9.17, 15) is 14.4 Å². The molecule has 2 rings (SSSR count). The van der Waals surface area contributed by atoms with Gasteiger partial charge in [-0.3, -0.25) is 18.8 Å². The number of hydrogen-bond donors (Lipinski definition) is 3. The number of rotatable bonds is 3. The lowest BCUT2D eigenvalue weighted by atomic mass is 10.2. The van der Waals surface area contributed by atoms with Gasteiger partial charge >= 0.3 is 5.97 Å². The second kappa shape index (κ2) is 4.77. The van der Waals surface area contributed by atoms with Crippen LogP contribution in [0.25, 0.3) is 5.65 Å². The summed E-state index contributed by atoms with van der Waals surface area (Å²) in [6, 6.07) is 2.91. The number of aliphatic carboxylic acids is 1. The van der Waals surface area contributed by atoms with E-state index in [1.807, 2.05) is 0 Å². The number of nitrogens with zero attached hydrogens (tertiary/aromatic N) is 2. The Balaban J connectivity index is 2.41. The lowest BCUT2D eigenvalue weighted by Crippen LogP contribution is -2.30. The van der Waals surface area contributed by atoms with Crippen LogP contribution < -0.4 is 16.6 Å². The number of amides is 1. The highest BCUT2D eigenvalue weighted by Crippen LogP contribution is 2.03. The average Bonchev–Trinajstić information content (AvgIpc) is 2.40. The Morgan fingerprint density at radius 1 is 1.42 bits per heavy atom. The maximum absolute atomic E-state index is 11.7. The van der Waals surface area contributed by atoms with Crippen molar-refractivity contribution in [2.45, 2.75) is 0 Å². The first-order chi connectivity index (χ1) is 8.99. The van der Waals surface area contributed by atoms with E-state index >= 15 is 0 Å². The molecule has 2 heterocycles. The third-order valence-electron chi connectivity index (χ3n) is 2.39. The zero-order chi connectivity index (χ0) is 14.0. The number of carboxylic acids is 1. The number of hydrogen-bond acceptors (Lipinski definition) is 5. The van der Waals surface area contributed by atoms with Gasteiger partial charge in [0.2, 0.25) is 0 Å². The monoisotopic (exact) mass is 262 g/mol. The van der Waals surface area contributed by atoms with E-state index in [4.69, 9.17) is 10.8 Å². The van der Waals surface area contributed by atoms with Crippen molar-refractivity contribution in [2.75, 3.05) is 12.3 Å². The lowest BCUT2D eigenvalue weighted by Gasteiger charge is -2.05. The van der Waals surface area contributed by atoms with Gasteiger partial charge < -0.3 is 16.2 Å². The largest absolute Gasteiger partial charge is 0.480 e. The molecule has 0 spiro atoms. The van der Waals surface area contributed by atoms with Crippen LogP contribution in [0, 0.1) is 0 Å². The summed E-state index contributed by atoms with van der Waals surface area (Å²) in [5, 5.41) is 10.7. The van der Waals surface area contributed by atoms with Crippen molar-refractivity contribution in [1.29, 1.82) is 0 Å². The van der Waals surface area contributed by atoms with Gasteiger partial charge in [-0.2, -0.15) is 0 Å². The third kappa shape index (κ3) is 2.51. The first-order valence-electron chi connectivity index (χ1n) is 5.26. The Labute approximate surface area is 106 Å². The Kier molecular flexibility index (Phi) is 3.15. The molecule has 19 heavy (non-hydrogen) atoms. The highest BCUT2D eigenvalue weighted by Gasteiger charge is 2.09. The number of carbonyl (C=O) groups excluding carboxylic acids is 1. The fourth-order valence-electron chi connectivity index (χ4n) is 1.48. The van der Waals surface area contributed by atoms with Crippen LogP contribution in [0.1, 0.15) is 10.4 Å². The molecule has 0 aliphatic carbocycles. The molecule has 0 aliphatic heterocycles. The van der Waals surface area contributed by atoms with E-state index < -0.39 is 24.0 Å². The molecule has 0 bridgehead atoms. The number of carboxylic acid groups (broad SMARTS) is 1. The minimum atomic E-state index is -1.16. The molecule has 8 heteroatoms. The highest BCUT2D eigenvalue weighted by atomic mass is 16.4. The van der Waals surface area contributed by atoms with Crippen LogP contribution in [0.3, 0.4) is 0 Å². The molecule has 0 unspecified atom stereocenters. The number of anilines is 1. The summed E-state index contributed by atoms with van der Waals surface area (Å²) in [6.45, 7) is -0.499. The summed E-state index contributed by atoms with van der Waals surface area (Å²) in [7, 11) is 0. The Morgan fingerprint density at radius 2 is 2.16 bits per heavy atom. The average molecular weight is 262 g/mol. The van der Waals surface area contributed by atoms with Crippen LogP contribution in [-0.4, -0.2) is 32.9 Å². The SMILES string of the molecule is Nc1cnc2ccc(C(=O)NCC(=O)O)cn2c1=O. The summed E-state index contributed by atoms with van der Waals surface area (Å²) in [6.07, 6.45) is 2.50. The second-order valence-corrected chi connectivity index (χ2v) is 3.74. The van der Waals surface area contributed by atoms with Crippen molar-refractivity contribution in [1.82, 2.24) is 14.7 Å². The summed E-state index contributed by atoms with van der Waals surface area (Å²) < 4.78 is 1.13. The van der Waals surface area contributed by atoms with Crippen molar-refractivity contribution >= 4 is 23.2 Å².